The molecular formula is C7H8N2O4. The first kappa shape index (κ1) is 9.27. The third kappa shape index (κ3) is 2.31. The summed E-state index contributed by atoms with van der Waals surface area (Å²) in [4.78, 5) is 21.3. The van der Waals surface area contributed by atoms with Crippen molar-refractivity contribution in [3.8, 4) is 0 Å². The smallest absolute Gasteiger partial charge is 0.310 e. The first-order valence-electron chi connectivity index (χ1n) is 3.45. The highest BCUT2D eigenvalue weighted by Crippen LogP contribution is 2.12. The fourth-order valence-corrected chi connectivity index (χ4v) is 0.756. The monoisotopic (exact) mass is 184 g/mol. The van der Waals surface area contributed by atoms with E-state index in [0.717, 1.165) is 0 Å². The van der Waals surface area contributed by atoms with Crippen molar-refractivity contribution in [2.24, 2.45) is 0 Å². The van der Waals surface area contributed by atoms with Gasteiger partial charge in [-0.1, -0.05) is 0 Å². The summed E-state index contributed by atoms with van der Waals surface area (Å²) >= 11 is 0. The maximum Gasteiger partial charge on any atom is 0.310 e. The minimum atomic E-state index is -0.767. The van der Waals surface area contributed by atoms with Gasteiger partial charge >= 0.3 is 5.91 Å². The van der Waals surface area contributed by atoms with Crippen LogP contribution in [-0.4, -0.2) is 17.0 Å². The number of hydrogen-bond donors (Lipinski definition) is 3. The predicted octanol–water partition coefficient (Wildman–Crippen LogP) is 0.357. The van der Waals surface area contributed by atoms with Gasteiger partial charge in [-0.05, 0) is 6.07 Å². The fourth-order valence-electron chi connectivity index (χ4n) is 0.756. The Labute approximate surface area is 73.5 Å². The van der Waals surface area contributed by atoms with E-state index in [1.54, 1.807) is 0 Å². The van der Waals surface area contributed by atoms with Gasteiger partial charge in [0.05, 0.1) is 0 Å². The Morgan fingerprint density at radius 1 is 1.46 bits per heavy atom. The van der Waals surface area contributed by atoms with E-state index in [1.165, 1.54) is 24.5 Å². The lowest BCUT2D eigenvalue weighted by Gasteiger charge is -1.95. The van der Waals surface area contributed by atoms with Gasteiger partial charge in [-0.15, -0.1) is 0 Å². The van der Waals surface area contributed by atoms with Crippen molar-refractivity contribution in [1.82, 2.24) is 5.48 Å². The first-order valence-corrected chi connectivity index (χ1v) is 3.45. The van der Waals surface area contributed by atoms with Gasteiger partial charge in [-0.3, -0.25) is 20.1 Å². The summed E-state index contributed by atoms with van der Waals surface area (Å²) in [6.45, 7) is 1.31. The zero-order valence-electron chi connectivity index (χ0n) is 6.83. The Morgan fingerprint density at radius 3 is 2.69 bits per heavy atom. The van der Waals surface area contributed by atoms with Crippen LogP contribution in [0.5, 0.6) is 0 Å². The number of nitrogens with one attached hydrogen (secondary N) is 2. The van der Waals surface area contributed by atoms with Crippen molar-refractivity contribution in [3.05, 3.63) is 17.9 Å². The summed E-state index contributed by atoms with van der Waals surface area (Å²) in [5.74, 6) is -0.987. The second kappa shape index (κ2) is 3.72. The van der Waals surface area contributed by atoms with Gasteiger partial charge in [0.25, 0.3) is 0 Å². The lowest BCUT2D eigenvalue weighted by molar-refractivity contribution is -0.114. The molecule has 0 aliphatic rings. The Morgan fingerprint density at radius 2 is 2.15 bits per heavy atom. The molecule has 0 aliphatic heterocycles. The van der Waals surface area contributed by atoms with Crippen LogP contribution in [0.4, 0.5) is 5.88 Å². The fraction of sp³-hybridized carbons (Fsp3) is 0.143. The summed E-state index contributed by atoms with van der Waals surface area (Å²) < 4.78 is 4.84. The van der Waals surface area contributed by atoms with E-state index in [2.05, 4.69) is 5.32 Å². The maximum absolute atomic E-state index is 10.7. The molecule has 0 radical (unpaired) electrons. The number of rotatable bonds is 2. The molecule has 0 aromatic carbocycles. The summed E-state index contributed by atoms with van der Waals surface area (Å²) in [6, 6.07) is 2.74. The first-order chi connectivity index (χ1) is 6.13. The number of carbonyl (C=O) groups is 2. The van der Waals surface area contributed by atoms with Crippen molar-refractivity contribution >= 4 is 17.7 Å². The molecule has 13 heavy (non-hydrogen) atoms. The van der Waals surface area contributed by atoms with Gasteiger partial charge in [0, 0.05) is 13.0 Å². The molecule has 1 rings (SSSR count). The number of furan rings is 1. The molecule has 0 saturated carbocycles. The largest absolute Gasteiger partial charge is 0.435 e. The Balaban J connectivity index is 2.74. The van der Waals surface area contributed by atoms with Crippen molar-refractivity contribution in [2.75, 3.05) is 5.32 Å². The highest BCUT2D eigenvalue weighted by atomic mass is 16.5. The van der Waals surface area contributed by atoms with Gasteiger partial charge in [-0.25, -0.2) is 5.48 Å². The van der Waals surface area contributed by atoms with E-state index >= 15 is 0 Å². The van der Waals surface area contributed by atoms with Gasteiger partial charge in [0.1, 0.15) is 0 Å². The molecule has 1 heterocycles. The minimum absolute atomic E-state index is 0.0775. The molecule has 6 heteroatoms. The third-order valence-electron chi connectivity index (χ3n) is 1.23. The van der Waals surface area contributed by atoms with Crippen LogP contribution in [0, 0.1) is 0 Å². The number of hydroxylamine groups is 1. The molecule has 0 fully saturated rings. The molecule has 0 bridgehead atoms. The van der Waals surface area contributed by atoms with E-state index in [1.807, 2.05) is 0 Å². The average Bonchev–Trinajstić information content (AvgIpc) is 2.50. The van der Waals surface area contributed by atoms with Crippen molar-refractivity contribution in [2.45, 2.75) is 6.92 Å². The molecule has 0 unspecified atom stereocenters. The van der Waals surface area contributed by atoms with E-state index in [4.69, 9.17) is 9.62 Å². The van der Waals surface area contributed by atoms with Gasteiger partial charge < -0.3 is 4.42 Å². The molecule has 1 aromatic heterocycles. The van der Waals surface area contributed by atoms with E-state index in [9.17, 15) is 9.59 Å². The van der Waals surface area contributed by atoms with Crippen LogP contribution in [-0.2, 0) is 4.79 Å². The number of anilines is 1. The van der Waals surface area contributed by atoms with Crippen LogP contribution in [0.1, 0.15) is 17.5 Å². The van der Waals surface area contributed by atoms with E-state index in [0.29, 0.717) is 0 Å². The summed E-state index contributed by atoms with van der Waals surface area (Å²) in [5, 5.41) is 10.6. The highest BCUT2D eigenvalue weighted by Gasteiger charge is 2.09. The van der Waals surface area contributed by atoms with E-state index < -0.39 is 5.91 Å². The molecule has 0 aliphatic carbocycles. The lowest BCUT2D eigenvalue weighted by atomic mass is 10.4. The normalized spacial score (nSPS) is 9.38. The second-order valence-corrected chi connectivity index (χ2v) is 2.29. The lowest BCUT2D eigenvalue weighted by Crippen LogP contribution is -2.17. The molecule has 0 spiro atoms. The van der Waals surface area contributed by atoms with E-state index in [-0.39, 0.29) is 17.6 Å². The molecule has 3 N–H and O–H groups in total. The van der Waals surface area contributed by atoms with Crippen molar-refractivity contribution in [1.29, 1.82) is 0 Å². The van der Waals surface area contributed by atoms with Crippen molar-refractivity contribution < 1.29 is 19.2 Å². The standard InChI is InChI=1S/C7H8N2O4/c1-4(10)8-6-3-2-5(13-6)7(11)9-12/h2-3,12H,1H3,(H,8,10)(H,9,11). The van der Waals surface area contributed by atoms with Crippen LogP contribution >= 0.6 is 0 Å². The zero-order chi connectivity index (χ0) is 9.84. The number of hydrogen-bond acceptors (Lipinski definition) is 4. The maximum atomic E-state index is 10.7. The summed E-state index contributed by atoms with van der Waals surface area (Å²) in [7, 11) is 0. The highest BCUT2D eigenvalue weighted by molar-refractivity contribution is 5.92. The molecular weight excluding hydrogens is 176 g/mol. The van der Waals surface area contributed by atoms with Crippen molar-refractivity contribution in [3.63, 3.8) is 0 Å². The summed E-state index contributed by atoms with van der Waals surface area (Å²) in [6.07, 6.45) is 0. The SMILES string of the molecule is CC(=O)Nc1ccc(C(=O)NO)o1. The molecule has 0 saturated heterocycles. The molecule has 70 valence electrons. The van der Waals surface area contributed by atoms with Gasteiger partial charge in [-0.2, -0.15) is 0 Å². The quantitative estimate of drug-likeness (QED) is 0.457. The minimum Gasteiger partial charge on any atom is -0.435 e. The topological polar surface area (TPSA) is 91.6 Å². The van der Waals surface area contributed by atoms with Gasteiger partial charge in [0.2, 0.25) is 5.91 Å². The van der Waals surface area contributed by atoms with Crippen LogP contribution in [0.15, 0.2) is 16.5 Å². The predicted molar refractivity (Wildman–Crippen MR) is 42.3 cm³/mol. The summed E-state index contributed by atoms with van der Waals surface area (Å²) in [5.41, 5.74) is 1.40. The molecule has 6 nitrogen and oxygen atoms in total. The molecule has 0 atom stereocenters. The average molecular weight is 184 g/mol. The Bertz CT molecular complexity index is 331. The second-order valence-electron chi connectivity index (χ2n) is 2.29. The Hall–Kier alpha value is -1.82. The number of amides is 2. The van der Waals surface area contributed by atoms with Crippen LogP contribution in [0.2, 0.25) is 0 Å². The van der Waals surface area contributed by atoms with Crippen LogP contribution in [0.3, 0.4) is 0 Å². The molecule has 2 amide bonds. The molecule has 1 aromatic rings. The van der Waals surface area contributed by atoms with Crippen LogP contribution in [0.25, 0.3) is 0 Å². The zero-order valence-corrected chi connectivity index (χ0v) is 6.83. The number of carbonyl (C=O) groups excluding carboxylic acids is 2. The third-order valence-corrected chi connectivity index (χ3v) is 1.23. The Kier molecular flexibility index (Phi) is 2.65. The van der Waals surface area contributed by atoms with Gasteiger partial charge in [0.15, 0.2) is 11.6 Å². The van der Waals surface area contributed by atoms with Crippen LogP contribution < -0.4 is 10.8 Å².